The van der Waals surface area contributed by atoms with Gasteiger partial charge in [-0.1, -0.05) is 0 Å². The van der Waals surface area contributed by atoms with Gasteiger partial charge in [-0.3, -0.25) is 14.8 Å². The maximum absolute atomic E-state index is 12.3. The van der Waals surface area contributed by atoms with Gasteiger partial charge >= 0.3 is 0 Å². The van der Waals surface area contributed by atoms with Gasteiger partial charge in [-0.05, 0) is 40.0 Å². The van der Waals surface area contributed by atoms with E-state index in [9.17, 15) is 4.79 Å². The van der Waals surface area contributed by atoms with E-state index >= 15 is 0 Å². The summed E-state index contributed by atoms with van der Waals surface area (Å²) in [7, 11) is 4.03. The van der Waals surface area contributed by atoms with Crippen molar-refractivity contribution in [2.24, 2.45) is 0 Å². The highest BCUT2D eigenvalue weighted by atomic mass is 32.1. The summed E-state index contributed by atoms with van der Waals surface area (Å²) in [5.41, 5.74) is 1.66. The van der Waals surface area contributed by atoms with Crippen LogP contribution in [-0.2, 0) is 6.54 Å². The van der Waals surface area contributed by atoms with Gasteiger partial charge in [-0.25, -0.2) is 4.98 Å². The van der Waals surface area contributed by atoms with Crippen molar-refractivity contribution in [3.63, 3.8) is 0 Å². The van der Waals surface area contributed by atoms with Crippen molar-refractivity contribution < 1.29 is 4.79 Å². The molecule has 2 aromatic heterocycles. The standard InChI is InChI=1S/C16H24N6OS/c1-21(2)7-8-22-10-13(9-18-22)15(23)20-16-19-14(11-24-16)12-3-5-17-6-4-12/h9-12,17H,3-8H2,1-2H3,(H,19,20,23). The number of nitrogens with zero attached hydrogens (tertiary/aromatic N) is 4. The molecule has 3 rings (SSSR count). The Kier molecular flexibility index (Phi) is 5.60. The lowest BCUT2D eigenvalue weighted by molar-refractivity contribution is 0.102. The third kappa shape index (κ3) is 4.40. The number of aromatic nitrogens is 3. The van der Waals surface area contributed by atoms with Crippen molar-refractivity contribution >= 4 is 22.4 Å². The van der Waals surface area contributed by atoms with E-state index < -0.39 is 0 Å². The van der Waals surface area contributed by atoms with E-state index in [0.29, 0.717) is 16.6 Å². The fraction of sp³-hybridized carbons (Fsp3) is 0.562. The van der Waals surface area contributed by atoms with Crippen molar-refractivity contribution in [1.82, 2.24) is 25.0 Å². The van der Waals surface area contributed by atoms with Gasteiger partial charge in [-0.15, -0.1) is 11.3 Å². The van der Waals surface area contributed by atoms with Crippen LogP contribution >= 0.6 is 11.3 Å². The zero-order valence-corrected chi connectivity index (χ0v) is 15.0. The Balaban J connectivity index is 1.57. The molecule has 8 heteroatoms. The van der Waals surface area contributed by atoms with E-state index in [1.165, 1.54) is 11.3 Å². The number of piperidine rings is 1. The molecule has 0 bridgehead atoms. The summed E-state index contributed by atoms with van der Waals surface area (Å²) in [5.74, 6) is 0.347. The fourth-order valence-corrected chi connectivity index (χ4v) is 3.51. The summed E-state index contributed by atoms with van der Waals surface area (Å²) in [6, 6.07) is 0. The fourth-order valence-electron chi connectivity index (χ4n) is 2.72. The third-order valence-electron chi connectivity index (χ3n) is 4.17. The Morgan fingerprint density at radius 2 is 2.25 bits per heavy atom. The third-order valence-corrected chi connectivity index (χ3v) is 4.95. The largest absolute Gasteiger partial charge is 0.317 e. The number of nitrogens with one attached hydrogen (secondary N) is 2. The van der Waals surface area contributed by atoms with Crippen LogP contribution in [-0.4, -0.2) is 59.3 Å². The Bertz CT molecular complexity index is 674. The number of anilines is 1. The number of carbonyl (C=O) groups excluding carboxylic acids is 1. The van der Waals surface area contributed by atoms with Crippen molar-refractivity contribution in [3.8, 4) is 0 Å². The molecule has 24 heavy (non-hydrogen) atoms. The van der Waals surface area contributed by atoms with Crippen molar-refractivity contribution in [2.45, 2.75) is 25.3 Å². The summed E-state index contributed by atoms with van der Waals surface area (Å²) in [6.45, 7) is 3.72. The van der Waals surface area contributed by atoms with Crippen LogP contribution in [0.4, 0.5) is 5.13 Å². The van der Waals surface area contributed by atoms with Gasteiger partial charge in [0.15, 0.2) is 5.13 Å². The molecular weight excluding hydrogens is 324 g/mol. The van der Waals surface area contributed by atoms with Crippen LogP contribution in [0.25, 0.3) is 0 Å². The minimum atomic E-state index is -0.155. The van der Waals surface area contributed by atoms with E-state index in [2.05, 4.69) is 31.0 Å². The molecule has 0 aromatic carbocycles. The average molecular weight is 348 g/mol. The number of amides is 1. The number of hydrogen-bond acceptors (Lipinski definition) is 6. The van der Waals surface area contributed by atoms with E-state index in [0.717, 1.165) is 44.7 Å². The zero-order chi connectivity index (χ0) is 16.9. The molecule has 0 saturated carbocycles. The maximum Gasteiger partial charge on any atom is 0.260 e. The highest BCUT2D eigenvalue weighted by Gasteiger charge is 2.19. The summed E-state index contributed by atoms with van der Waals surface area (Å²) in [6.07, 6.45) is 5.60. The normalized spacial score (nSPS) is 15.8. The van der Waals surface area contributed by atoms with Gasteiger partial charge in [0.1, 0.15) is 0 Å². The SMILES string of the molecule is CN(C)CCn1cc(C(=O)Nc2nc(C3CCNCC3)cs2)cn1. The first-order chi connectivity index (χ1) is 11.6. The Morgan fingerprint density at radius 1 is 1.46 bits per heavy atom. The maximum atomic E-state index is 12.3. The van der Waals surface area contributed by atoms with Gasteiger partial charge < -0.3 is 10.2 Å². The second-order valence-corrected chi connectivity index (χ2v) is 7.21. The number of hydrogen-bond donors (Lipinski definition) is 2. The first kappa shape index (κ1) is 17.1. The van der Waals surface area contributed by atoms with Gasteiger partial charge in [0.05, 0.1) is 24.0 Å². The summed E-state index contributed by atoms with van der Waals surface area (Å²) < 4.78 is 1.79. The molecule has 1 fully saturated rings. The highest BCUT2D eigenvalue weighted by Crippen LogP contribution is 2.28. The van der Waals surface area contributed by atoms with Crippen LogP contribution in [0.1, 0.15) is 34.8 Å². The van der Waals surface area contributed by atoms with E-state index in [1.54, 1.807) is 17.1 Å². The quantitative estimate of drug-likeness (QED) is 0.830. The molecule has 2 aromatic rings. The Morgan fingerprint density at radius 3 is 3.00 bits per heavy atom. The molecule has 7 nitrogen and oxygen atoms in total. The number of rotatable bonds is 6. The average Bonchev–Trinajstić information content (AvgIpc) is 3.23. The second-order valence-electron chi connectivity index (χ2n) is 6.35. The smallest absolute Gasteiger partial charge is 0.260 e. The van der Waals surface area contributed by atoms with Gasteiger partial charge in [-0.2, -0.15) is 5.10 Å². The van der Waals surface area contributed by atoms with Crippen LogP contribution < -0.4 is 10.6 Å². The number of carbonyl (C=O) groups is 1. The summed E-state index contributed by atoms with van der Waals surface area (Å²) in [5, 5.41) is 13.2. The molecule has 1 saturated heterocycles. The molecule has 1 aliphatic heterocycles. The molecule has 130 valence electrons. The monoisotopic (exact) mass is 348 g/mol. The predicted molar refractivity (Wildman–Crippen MR) is 95.7 cm³/mol. The van der Waals surface area contributed by atoms with Crippen molar-refractivity contribution in [2.75, 3.05) is 39.0 Å². The van der Waals surface area contributed by atoms with Crippen LogP contribution in [0.15, 0.2) is 17.8 Å². The van der Waals surface area contributed by atoms with Crippen molar-refractivity contribution in [3.05, 3.63) is 29.0 Å². The zero-order valence-electron chi connectivity index (χ0n) is 14.2. The first-order valence-corrected chi connectivity index (χ1v) is 9.14. The van der Waals surface area contributed by atoms with Gasteiger partial charge in [0.25, 0.3) is 5.91 Å². The van der Waals surface area contributed by atoms with E-state index in [1.807, 2.05) is 14.1 Å². The summed E-state index contributed by atoms with van der Waals surface area (Å²) >= 11 is 1.49. The molecular formula is C16H24N6OS. The Hall–Kier alpha value is -1.77. The lowest BCUT2D eigenvalue weighted by Gasteiger charge is -2.20. The summed E-state index contributed by atoms with van der Waals surface area (Å²) in [4.78, 5) is 19.0. The lowest BCUT2D eigenvalue weighted by atomic mass is 9.96. The van der Waals surface area contributed by atoms with Gasteiger partial charge in [0.2, 0.25) is 0 Å². The first-order valence-electron chi connectivity index (χ1n) is 8.26. The second kappa shape index (κ2) is 7.87. The lowest BCUT2D eigenvalue weighted by Crippen LogP contribution is -2.26. The topological polar surface area (TPSA) is 75.1 Å². The molecule has 0 radical (unpaired) electrons. The molecule has 0 atom stereocenters. The molecule has 0 unspecified atom stereocenters. The number of likely N-dealkylation sites (N-methyl/N-ethyl adjacent to an activating group) is 1. The molecule has 0 spiro atoms. The molecule has 2 N–H and O–H groups in total. The van der Waals surface area contributed by atoms with Crippen LogP contribution in [0.2, 0.25) is 0 Å². The number of thiazole rings is 1. The molecule has 0 aliphatic carbocycles. The molecule has 3 heterocycles. The van der Waals surface area contributed by atoms with Crippen molar-refractivity contribution in [1.29, 1.82) is 0 Å². The van der Waals surface area contributed by atoms with Crippen LogP contribution in [0.5, 0.6) is 0 Å². The minimum absolute atomic E-state index is 0.155. The van der Waals surface area contributed by atoms with E-state index in [4.69, 9.17) is 0 Å². The molecule has 1 aliphatic rings. The molecule has 1 amide bonds. The highest BCUT2D eigenvalue weighted by molar-refractivity contribution is 7.14. The minimum Gasteiger partial charge on any atom is -0.317 e. The Labute approximate surface area is 146 Å². The van der Waals surface area contributed by atoms with Crippen LogP contribution in [0.3, 0.4) is 0 Å². The predicted octanol–water partition coefficient (Wildman–Crippen LogP) is 1.62. The van der Waals surface area contributed by atoms with Crippen LogP contribution in [0, 0.1) is 0 Å². The van der Waals surface area contributed by atoms with E-state index in [-0.39, 0.29) is 5.91 Å². The van der Waals surface area contributed by atoms with Gasteiger partial charge in [0, 0.05) is 24.0 Å².